The number of anilines is 1. The summed E-state index contributed by atoms with van der Waals surface area (Å²) in [5, 5.41) is 0. The van der Waals surface area contributed by atoms with Gasteiger partial charge in [0.25, 0.3) is 0 Å². The first-order chi connectivity index (χ1) is 17.8. The third kappa shape index (κ3) is 4.13. The van der Waals surface area contributed by atoms with Gasteiger partial charge in [-0.15, -0.1) is 0 Å². The average molecular weight is 560 g/mol. The molecule has 0 saturated carbocycles. The van der Waals surface area contributed by atoms with Gasteiger partial charge in [-0.3, -0.25) is 0 Å². The lowest BCUT2D eigenvalue weighted by molar-refractivity contribution is 0.0224. The van der Waals surface area contributed by atoms with Crippen molar-refractivity contribution in [2.75, 3.05) is 11.9 Å². The molecule has 5 nitrogen and oxygen atoms in total. The van der Waals surface area contributed by atoms with E-state index >= 15 is 0 Å². The maximum Gasteiger partial charge on any atom is 0.340 e. The van der Waals surface area contributed by atoms with Crippen LogP contribution in [0.4, 0.5) is 5.69 Å². The molecule has 2 aliphatic rings. The van der Waals surface area contributed by atoms with Gasteiger partial charge in [-0.2, -0.15) is 0 Å². The topological polar surface area (TPSA) is 48.0 Å². The minimum Gasteiger partial charge on any atom is -0.490 e. The molecule has 3 aromatic rings. The van der Waals surface area contributed by atoms with Gasteiger partial charge >= 0.3 is 5.97 Å². The first-order valence-electron chi connectivity index (χ1n) is 12.5. The first-order valence-corrected chi connectivity index (χ1v) is 13.3. The Kier molecular flexibility index (Phi) is 6.63. The van der Waals surface area contributed by atoms with E-state index in [1.165, 1.54) is 0 Å². The van der Waals surface area contributed by atoms with Crippen LogP contribution in [0.2, 0.25) is 0 Å². The van der Waals surface area contributed by atoms with Crippen molar-refractivity contribution in [2.24, 2.45) is 0 Å². The number of esters is 1. The van der Waals surface area contributed by atoms with E-state index in [2.05, 4.69) is 46.0 Å². The van der Waals surface area contributed by atoms with Gasteiger partial charge in [0, 0.05) is 47.3 Å². The Morgan fingerprint density at radius 2 is 1.84 bits per heavy atom. The van der Waals surface area contributed by atoms with E-state index in [-0.39, 0.29) is 12.1 Å². The van der Waals surface area contributed by atoms with Gasteiger partial charge in [-0.05, 0) is 73.5 Å². The van der Waals surface area contributed by atoms with Gasteiger partial charge in [-0.25, -0.2) is 4.79 Å². The number of allylic oxidation sites excluding steroid dienone is 3. The van der Waals surface area contributed by atoms with Crippen LogP contribution >= 0.6 is 15.9 Å². The molecule has 190 valence electrons. The second-order valence-corrected chi connectivity index (χ2v) is 10.3. The van der Waals surface area contributed by atoms with Crippen molar-refractivity contribution < 1.29 is 19.0 Å². The smallest absolute Gasteiger partial charge is 0.340 e. The van der Waals surface area contributed by atoms with Crippen LogP contribution in [0, 0.1) is 0 Å². The van der Waals surface area contributed by atoms with E-state index in [0.29, 0.717) is 22.8 Å². The number of fused-ring (bicyclic) bond motifs is 6. The molecule has 2 heterocycles. The summed E-state index contributed by atoms with van der Waals surface area (Å²) in [4.78, 5) is 15.2. The summed E-state index contributed by atoms with van der Waals surface area (Å²) in [5.41, 5.74) is 3.80. The Morgan fingerprint density at radius 1 is 1.08 bits per heavy atom. The maximum atomic E-state index is 13.1. The number of rotatable bonds is 6. The van der Waals surface area contributed by atoms with Crippen molar-refractivity contribution in [3.63, 3.8) is 0 Å². The molecule has 37 heavy (non-hydrogen) atoms. The zero-order valence-electron chi connectivity index (χ0n) is 21.7. The quantitative estimate of drug-likeness (QED) is 0.225. The summed E-state index contributed by atoms with van der Waals surface area (Å²) in [6.45, 7) is 8.09. The fourth-order valence-electron chi connectivity index (χ4n) is 5.00. The standard InChI is InChI=1S/C31H30BrNO4/c1-6-8-11-20(7-2)33(5)21-14-15-24-27(16-21)36-28-18-29(35-19(3)4)26(32)17-25(28)31(24)23-13-10-9-12-22(23)30(34)37-31/h7-19H,6H2,1-5H3/b11-8-,20-7+. The Balaban J connectivity index is 1.72. The van der Waals surface area contributed by atoms with Crippen molar-refractivity contribution in [3.05, 3.63) is 105 Å². The fraction of sp³-hybridized carbons (Fsp3) is 0.258. The molecule has 3 aromatic carbocycles. The highest BCUT2D eigenvalue weighted by Gasteiger charge is 2.53. The summed E-state index contributed by atoms with van der Waals surface area (Å²) in [7, 11) is 2.03. The molecule has 0 fully saturated rings. The summed E-state index contributed by atoms with van der Waals surface area (Å²) in [6, 6.07) is 17.4. The number of benzene rings is 3. The predicted octanol–water partition coefficient (Wildman–Crippen LogP) is 8.11. The predicted molar refractivity (Wildman–Crippen MR) is 150 cm³/mol. The number of likely N-dealkylation sites (N-methyl/N-ethyl adjacent to an activating group) is 1. The van der Waals surface area contributed by atoms with Crippen molar-refractivity contribution >= 4 is 27.6 Å². The number of nitrogens with zero attached hydrogens (tertiary/aromatic N) is 1. The van der Waals surface area contributed by atoms with Crippen LogP contribution in [-0.2, 0) is 10.3 Å². The molecule has 5 rings (SSSR count). The molecule has 0 aliphatic carbocycles. The molecule has 6 heteroatoms. The normalized spacial score (nSPS) is 17.9. The van der Waals surface area contributed by atoms with Crippen LogP contribution < -0.4 is 14.4 Å². The molecule has 0 aromatic heterocycles. The van der Waals surface area contributed by atoms with Crippen LogP contribution in [0.5, 0.6) is 17.2 Å². The Morgan fingerprint density at radius 3 is 2.57 bits per heavy atom. The molecule has 1 spiro atoms. The van der Waals surface area contributed by atoms with Crippen molar-refractivity contribution in [1.29, 1.82) is 0 Å². The van der Waals surface area contributed by atoms with E-state index in [9.17, 15) is 4.79 Å². The number of carbonyl (C=O) groups is 1. The second kappa shape index (κ2) is 9.75. The van der Waals surface area contributed by atoms with Gasteiger partial charge in [0.15, 0.2) is 5.60 Å². The molecule has 1 unspecified atom stereocenters. The van der Waals surface area contributed by atoms with Gasteiger partial charge < -0.3 is 19.1 Å². The largest absolute Gasteiger partial charge is 0.490 e. The lowest BCUT2D eigenvalue weighted by Crippen LogP contribution is -2.33. The van der Waals surface area contributed by atoms with Gasteiger partial charge in [0.1, 0.15) is 17.2 Å². The molecular formula is C31H30BrNO4. The molecule has 0 N–H and O–H groups in total. The maximum absolute atomic E-state index is 13.1. The fourth-order valence-corrected chi connectivity index (χ4v) is 5.44. The summed E-state index contributed by atoms with van der Waals surface area (Å²) < 4.78 is 19.6. The first kappa shape index (κ1) is 25.2. The highest BCUT2D eigenvalue weighted by atomic mass is 79.9. The Bertz CT molecular complexity index is 1440. The number of ether oxygens (including phenoxy) is 3. The van der Waals surface area contributed by atoms with Gasteiger partial charge in [0.2, 0.25) is 0 Å². The minimum absolute atomic E-state index is 0.0140. The molecule has 0 amide bonds. The van der Waals surface area contributed by atoms with E-state index < -0.39 is 5.60 Å². The number of hydrogen-bond acceptors (Lipinski definition) is 5. The Labute approximate surface area is 226 Å². The van der Waals surface area contributed by atoms with Gasteiger partial charge in [-0.1, -0.05) is 37.3 Å². The van der Waals surface area contributed by atoms with E-state index in [1.54, 1.807) is 0 Å². The number of halogens is 1. The molecule has 0 bridgehead atoms. The highest BCUT2D eigenvalue weighted by molar-refractivity contribution is 9.10. The second-order valence-electron chi connectivity index (χ2n) is 9.43. The summed E-state index contributed by atoms with van der Waals surface area (Å²) >= 11 is 3.66. The lowest BCUT2D eigenvalue weighted by atomic mass is 9.77. The van der Waals surface area contributed by atoms with Crippen molar-refractivity contribution in [1.82, 2.24) is 0 Å². The average Bonchev–Trinajstić information content (AvgIpc) is 3.18. The van der Waals surface area contributed by atoms with Crippen LogP contribution in [0.15, 0.2) is 83.0 Å². The van der Waals surface area contributed by atoms with E-state index in [4.69, 9.17) is 14.2 Å². The Hall–Kier alpha value is -3.51. The van der Waals surface area contributed by atoms with Crippen molar-refractivity contribution in [3.8, 4) is 17.2 Å². The lowest BCUT2D eigenvalue weighted by Gasteiger charge is -2.37. The van der Waals surface area contributed by atoms with E-state index in [1.807, 2.05) is 82.4 Å². The third-order valence-electron chi connectivity index (χ3n) is 6.71. The molecule has 1 atom stereocenters. The minimum atomic E-state index is -1.13. The van der Waals surface area contributed by atoms with Gasteiger partial charge in [0.05, 0.1) is 16.1 Å². The highest BCUT2D eigenvalue weighted by Crippen LogP contribution is 2.58. The van der Waals surface area contributed by atoms with Crippen LogP contribution in [0.1, 0.15) is 61.2 Å². The summed E-state index contributed by atoms with van der Waals surface area (Å²) in [6.07, 6.45) is 7.26. The van der Waals surface area contributed by atoms with Crippen LogP contribution in [-0.4, -0.2) is 19.1 Å². The molecule has 0 radical (unpaired) electrons. The van der Waals surface area contributed by atoms with Crippen LogP contribution in [0.3, 0.4) is 0 Å². The van der Waals surface area contributed by atoms with Crippen LogP contribution in [0.25, 0.3) is 0 Å². The number of carbonyl (C=O) groups excluding carboxylic acids is 1. The van der Waals surface area contributed by atoms with E-state index in [0.717, 1.165) is 39.0 Å². The molecule has 0 saturated heterocycles. The monoisotopic (exact) mass is 559 g/mol. The number of hydrogen-bond donors (Lipinski definition) is 0. The zero-order valence-corrected chi connectivity index (χ0v) is 23.3. The molecule has 2 aliphatic heterocycles. The third-order valence-corrected chi connectivity index (χ3v) is 7.33. The SMILES string of the molecule is C/C=C(\C=C/CC)N(C)c1ccc2c(c1)Oc1cc(OC(C)C)c(Br)cc1C21OC(=O)c2ccccc21. The van der Waals surface area contributed by atoms with Crippen molar-refractivity contribution in [2.45, 2.75) is 45.8 Å². The molecular weight excluding hydrogens is 530 g/mol. The zero-order chi connectivity index (χ0) is 26.3. The summed E-state index contributed by atoms with van der Waals surface area (Å²) in [5.74, 6) is 1.54.